The topological polar surface area (TPSA) is 90.5 Å². The quantitative estimate of drug-likeness (QED) is 0.750. The van der Waals surface area contributed by atoms with Gasteiger partial charge >= 0.3 is 0 Å². The summed E-state index contributed by atoms with van der Waals surface area (Å²) in [6.45, 7) is 6.74. The zero-order valence-electron chi connectivity index (χ0n) is 17.7. The van der Waals surface area contributed by atoms with Gasteiger partial charge in [-0.3, -0.25) is 9.59 Å². The van der Waals surface area contributed by atoms with E-state index in [0.717, 1.165) is 0 Å². The van der Waals surface area contributed by atoms with Crippen LogP contribution in [0.1, 0.15) is 29.9 Å². The molecule has 0 unspecified atom stereocenters. The van der Waals surface area contributed by atoms with Gasteiger partial charge in [0.1, 0.15) is 17.5 Å². The van der Waals surface area contributed by atoms with Crippen LogP contribution >= 0.6 is 11.6 Å². The van der Waals surface area contributed by atoms with E-state index in [9.17, 15) is 14.0 Å². The van der Waals surface area contributed by atoms with Gasteiger partial charge in [-0.05, 0) is 31.0 Å². The van der Waals surface area contributed by atoms with Crippen molar-refractivity contribution in [3.63, 3.8) is 0 Å². The molecule has 2 aliphatic heterocycles. The maximum atomic E-state index is 13.3. The fourth-order valence-corrected chi connectivity index (χ4v) is 4.19. The highest BCUT2D eigenvalue weighted by Gasteiger charge is 2.36. The summed E-state index contributed by atoms with van der Waals surface area (Å²) in [4.78, 5) is 37.6. The number of aryl methyl sites for hydroxylation is 1. The number of aromatic nitrogens is 2. The van der Waals surface area contributed by atoms with Crippen LogP contribution in [0.5, 0.6) is 0 Å². The first-order valence-electron chi connectivity index (χ1n) is 10.1. The third kappa shape index (κ3) is 3.89. The number of fused-ring (bicyclic) bond motifs is 1. The Bertz CT molecular complexity index is 1060. The molecule has 2 aliphatic rings. The molecule has 10 heteroatoms. The van der Waals surface area contributed by atoms with E-state index in [1.807, 2.05) is 32.7 Å². The minimum Gasteiger partial charge on any atom is -0.348 e. The van der Waals surface area contributed by atoms with Crippen molar-refractivity contribution < 1.29 is 14.0 Å². The van der Waals surface area contributed by atoms with Crippen molar-refractivity contribution in [2.75, 3.05) is 35.7 Å². The zero-order valence-corrected chi connectivity index (χ0v) is 18.5. The number of amides is 2. The van der Waals surface area contributed by atoms with Crippen LogP contribution in [0.25, 0.3) is 0 Å². The predicted molar refractivity (Wildman–Crippen MR) is 117 cm³/mol. The summed E-state index contributed by atoms with van der Waals surface area (Å²) in [5.41, 5.74) is 1.64. The monoisotopic (exact) mass is 446 g/mol. The number of carbonyl (C=O) groups excluding carboxylic acids is 2. The SMILES string of the molecule is Cc1nc(NC2CN(C(=O)c3ccc(F)c(Cl)c3)C2)nc2c1NC(=O)[C@H](C(C)C)N2C. The summed E-state index contributed by atoms with van der Waals surface area (Å²) >= 11 is 5.78. The molecule has 1 aromatic carbocycles. The molecular formula is C21H24ClFN6O2. The number of anilines is 3. The molecule has 1 fully saturated rings. The maximum Gasteiger partial charge on any atom is 0.254 e. The number of hydrogen-bond donors (Lipinski definition) is 2. The second-order valence-electron chi connectivity index (χ2n) is 8.30. The van der Waals surface area contributed by atoms with Gasteiger partial charge in [0.25, 0.3) is 5.91 Å². The molecule has 2 amide bonds. The Morgan fingerprint density at radius 3 is 2.68 bits per heavy atom. The summed E-state index contributed by atoms with van der Waals surface area (Å²) < 4.78 is 13.3. The van der Waals surface area contributed by atoms with Crippen molar-refractivity contribution in [1.29, 1.82) is 0 Å². The van der Waals surface area contributed by atoms with Gasteiger partial charge in [-0.25, -0.2) is 9.37 Å². The normalized spacial score (nSPS) is 18.5. The van der Waals surface area contributed by atoms with Crippen LogP contribution in [0.2, 0.25) is 5.02 Å². The average Bonchev–Trinajstić information content (AvgIpc) is 2.67. The summed E-state index contributed by atoms with van der Waals surface area (Å²) in [7, 11) is 1.86. The fourth-order valence-electron chi connectivity index (χ4n) is 4.01. The first-order valence-corrected chi connectivity index (χ1v) is 10.5. The number of likely N-dealkylation sites (tertiary alicyclic amines) is 1. The molecular weight excluding hydrogens is 423 g/mol. The average molecular weight is 447 g/mol. The van der Waals surface area contributed by atoms with E-state index >= 15 is 0 Å². The number of hydrogen-bond acceptors (Lipinski definition) is 6. The number of likely N-dealkylation sites (N-methyl/N-ethyl adjacent to an activating group) is 1. The third-order valence-electron chi connectivity index (χ3n) is 5.64. The second-order valence-corrected chi connectivity index (χ2v) is 8.71. The van der Waals surface area contributed by atoms with Crippen molar-refractivity contribution >= 4 is 40.9 Å². The summed E-state index contributed by atoms with van der Waals surface area (Å²) in [5.74, 6) is 0.416. The molecule has 1 aromatic heterocycles. The van der Waals surface area contributed by atoms with Crippen molar-refractivity contribution in [2.45, 2.75) is 32.9 Å². The minimum atomic E-state index is -0.554. The first kappa shape index (κ1) is 21.3. The molecule has 0 aliphatic carbocycles. The Morgan fingerprint density at radius 1 is 1.32 bits per heavy atom. The Kier molecular flexibility index (Phi) is 5.47. The van der Waals surface area contributed by atoms with Crippen molar-refractivity contribution in [2.24, 2.45) is 5.92 Å². The number of rotatable bonds is 4. The standard InChI is InChI=1S/C21H24ClFN6O2/c1-10(2)17-19(30)26-16-11(3)24-21(27-18(16)28(17)4)25-13-8-29(9-13)20(31)12-5-6-15(23)14(22)7-12/h5-7,10,13,17H,8-9H2,1-4H3,(H,26,30)(H,24,25,27)/t17-/m0/s1. The van der Waals surface area contributed by atoms with Gasteiger partial charge in [0.2, 0.25) is 11.9 Å². The Morgan fingerprint density at radius 2 is 2.03 bits per heavy atom. The van der Waals surface area contributed by atoms with Gasteiger partial charge in [0.05, 0.1) is 16.8 Å². The van der Waals surface area contributed by atoms with Gasteiger partial charge in [0, 0.05) is 25.7 Å². The summed E-state index contributed by atoms with van der Waals surface area (Å²) in [6, 6.07) is 3.63. The zero-order chi connectivity index (χ0) is 22.4. The van der Waals surface area contributed by atoms with E-state index in [2.05, 4.69) is 20.6 Å². The van der Waals surface area contributed by atoms with Gasteiger partial charge in [-0.1, -0.05) is 25.4 Å². The number of nitrogens with zero attached hydrogens (tertiary/aromatic N) is 4. The van der Waals surface area contributed by atoms with Gasteiger partial charge < -0.3 is 20.4 Å². The number of halogens is 2. The molecule has 164 valence electrons. The molecule has 1 saturated heterocycles. The highest BCUT2D eigenvalue weighted by atomic mass is 35.5. The van der Waals surface area contributed by atoms with Crippen LogP contribution in [-0.2, 0) is 4.79 Å². The van der Waals surface area contributed by atoms with E-state index in [1.165, 1.54) is 18.2 Å². The summed E-state index contributed by atoms with van der Waals surface area (Å²) in [5, 5.41) is 6.11. The minimum absolute atomic E-state index is 0.0123. The second kappa shape index (κ2) is 7.96. The van der Waals surface area contributed by atoms with Crippen LogP contribution < -0.4 is 15.5 Å². The van der Waals surface area contributed by atoms with Gasteiger partial charge in [-0.2, -0.15) is 4.98 Å². The number of carbonyl (C=O) groups is 2. The lowest BCUT2D eigenvalue weighted by atomic mass is 9.99. The van der Waals surface area contributed by atoms with Gasteiger partial charge in [0.15, 0.2) is 5.82 Å². The Balaban J connectivity index is 1.45. The lowest BCUT2D eigenvalue weighted by Gasteiger charge is -2.40. The van der Waals surface area contributed by atoms with Crippen LogP contribution in [0.4, 0.5) is 21.8 Å². The predicted octanol–water partition coefficient (Wildman–Crippen LogP) is 2.93. The molecule has 0 spiro atoms. The maximum absolute atomic E-state index is 13.3. The van der Waals surface area contributed by atoms with Crippen LogP contribution in [0, 0.1) is 18.7 Å². The van der Waals surface area contributed by atoms with E-state index in [1.54, 1.807) is 4.90 Å². The van der Waals surface area contributed by atoms with E-state index < -0.39 is 5.82 Å². The van der Waals surface area contributed by atoms with Crippen LogP contribution in [-0.4, -0.2) is 58.9 Å². The van der Waals surface area contributed by atoms with Crippen molar-refractivity contribution in [1.82, 2.24) is 14.9 Å². The van der Waals surface area contributed by atoms with Crippen molar-refractivity contribution in [3.05, 3.63) is 40.3 Å². The number of nitrogens with one attached hydrogen (secondary N) is 2. The highest BCUT2D eigenvalue weighted by Crippen LogP contribution is 2.34. The highest BCUT2D eigenvalue weighted by molar-refractivity contribution is 6.31. The van der Waals surface area contributed by atoms with Crippen LogP contribution in [0.15, 0.2) is 18.2 Å². The van der Waals surface area contributed by atoms with E-state index in [4.69, 9.17) is 11.6 Å². The molecule has 3 heterocycles. The molecule has 0 radical (unpaired) electrons. The largest absolute Gasteiger partial charge is 0.348 e. The third-order valence-corrected chi connectivity index (χ3v) is 5.93. The molecule has 0 bridgehead atoms. The van der Waals surface area contributed by atoms with Crippen molar-refractivity contribution in [3.8, 4) is 0 Å². The molecule has 8 nitrogen and oxygen atoms in total. The van der Waals surface area contributed by atoms with E-state index in [0.29, 0.717) is 41.8 Å². The number of benzene rings is 1. The van der Waals surface area contributed by atoms with Crippen LogP contribution in [0.3, 0.4) is 0 Å². The molecule has 2 aromatic rings. The molecule has 2 N–H and O–H groups in total. The molecule has 0 saturated carbocycles. The smallest absolute Gasteiger partial charge is 0.254 e. The molecule has 31 heavy (non-hydrogen) atoms. The molecule has 1 atom stereocenters. The fraction of sp³-hybridized carbons (Fsp3) is 0.429. The van der Waals surface area contributed by atoms with Gasteiger partial charge in [-0.15, -0.1) is 0 Å². The lowest BCUT2D eigenvalue weighted by Crippen LogP contribution is -2.57. The van der Waals surface area contributed by atoms with E-state index in [-0.39, 0.29) is 34.8 Å². The molecule has 4 rings (SSSR count). The lowest BCUT2D eigenvalue weighted by molar-refractivity contribution is -0.118. The summed E-state index contributed by atoms with van der Waals surface area (Å²) in [6.07, 6.45) is 0. The Labute approximate surface area is 184 Å². The Hall–Kier alpha value is -2.94. The first-order chi connectivity index (χ1) is 14.7.